The standard InChI is InChI=1S/C12H7FO4S2/c13-6-1-2-9(8(5-6)11(16)17)19-12-7(10(14)15)3-4-18-12/h1-5H,(H,14,15)(H,16,17). The van der Waals surface area contributed by atoms with Crippen molar-refractivity contribution in [2.45, 2.75) is 9.10 Å². The topological polar surface area (TPSA) is 74.6 Å². The number of thiophene rings is 1. The molecule has 2 rings (SSSR count). The van der Waals surface area contributed by atoms with Crippen LogP contribution in [0.4, 0.5) is 4.39 Å². The van der Waals surface area contributed by atoms with E-state index in [2.05, 4.69) is 0 Å². The van der Waals surface area contributed by atoms with Crippen molar-refractivity contribution in [1.82, 2.24) is 0 Å². The summed E-state index contributed by atoms with van der Waals surface area (Å²) in [5.41, 5.74) is -0.0783. The van der Waals surface area contributed by atoms with Crippen molar-refractivity contribution in [1.29, 1.82) is 0 Å². The molecule has 1 aromatic heterocycles. The summed E-state index contributed by atoms with van der Waals surface area (Å²) >= 11 is 2.20. The van der Waals surface area contributed by atoms with Crippen molar-refractivity contribution in [2.24, 2.45) is 0 Å². The van der Waals surface area contributed by atoms with E-state index in [0.717, 1.165) is 23.9 Å². The molecule has 1 heterocycles. The zero-order chi connectivity index (χ0) is 14.0. The van der Waals surface area contributed by atoms with Gasteiger partial charge in [0.25, 0.3) is 0 Å². The van der Waals surface area contributed by atoms with Crippen LogP contribution in [-0.4, -0.2) is 22.2 Å². The summed E-state index contributed by atoms with van der Waals surface area (Å²) in [4.78, 5) is 22.3. The first-order chi connectivity index (χ1) is 8.99. The van der Waals surface area contributed by atoms with E-state index in [9.17, 15) is 14.0 Å². The quantitative estimate of drug-likeness (QED) is 0.904. The minimum atomic E-state index is -1.25. The molecule has 1 aromatic carbocycles. The molecule has 0 unspecified atom stereocenters. The summed E-state index contributed by atoms with van der Waals surface area (Å²) in [5.74, 6) is -2.98. The lowest BCUT2D eigenvalue weighted by Gasteiger charge is -2.05. The van der Waals surface area contributed by atoms with Crippen molar-refractivity contribution >= 4 is 35.0 Å². The van der Waals surface area contributed by atoms with Crippen molar-refractivity contribution in [3.05, 3.63) is 46.6 Å². The number of hydrogen-bond donors (Lipinski definition) is 2. The average molecular weight is 298 g/mol. The van der Waals surface area contributed by atoms with Gasteiger partial charge < -0.3 is 10.2 Å². The van der Waals surface area contributed by atoms with Gasteiger partial charge in [-0.15, -0.1) is 11.3 Å². The van der Waals surface area contributed by atoms with E-state index in [1.54, 1.807) is 5.38 Å². The van der Waals surface area contributed by atoms with Gasteiger partial charge in [0.05, 0.1) is 15.3 Å². The van der Waals surface area contributed by atoms with Gasteiger partial charge in [-0.2, -0.15) is 0 Å². The third-order valence-electron chi connectivity index (χ3n) is 2.23. The fourth-order valence-corrected chi connectivity index (χ4v) is 3.49. The molecule has 0 saturated carbocycles. The molecule has 0 amide bonds. The average Bonchev–Trinajstić information content (AvgIpc) is 2.79. The van der Waals surface area contributed by atoms with Crippen molar-refractivity contribution in [2.75, 3.05) is 0 Å². The second-order valence-electron chi connectivity index (χ2n) is 3.47. The highest BCUT2D eigenvalue weighted by molar-refractivity contribution is 8.01. The van der Waals surface area contributed by atoms with Crippen LogP contribution >= 0.6 is 23.1 Å². The van der Waals surface area contributed by atoms with Crippen LogP contribution in [0, 0.1) is 5.82 Å². The van der Waals surface area contributed by atoms with E-state index in [4.69, 9.17) is 10.2 Å². The molecule has 0 aliphatic carbocycles. The molecule has 0 saturated heterocycles. The van der Waals surface area contributed by atoms with Crippen LogP contribution in [0.1, 0.15) is 20.7 Å². The molecule has 19 heavy (non-hydrogen) atoms. The Kier molecular flexibility index (Phi) is 3.87. The van der Waals surface area contributed by atoms with Gasteiger partial charge >= 0.3 is 11.9 Å². The van der Waals surface area contributed by atoms with E-state index in [-0.39, 0.29) is 11.1 Å². The number of benzene rings is 1. The Bertz CT molecular complexity index is 651. The molecular weight excluding hydrogens is 291 g/mol. The predicted octanol–water partition coefficient (Wildman–Crippen LogP) is 3.43. The Morgan fingerprint density at radius 3 is 2.42 bits per heavy atom. The van der Waals surface area contributed by atoms with Gasteiger partial charge in [-0.3, -0.25) is 0 Å². The molecule has 7 heteroatoms. The first-order valence-electron chi connectivity index (χ1n) is 5.00. The summed E-state index contributed by atoms with van der Waals surface area (Å²) in [5, 5.41) is 19.6. The Balaban J connectivity index is 2.41. The number of carbonyl (C=O) groups is 2. The van der Waals surface area contributed by atoms with E-state index in [0.29, 0.717) is 9.10 Å². The molecule has 0 fully saturated rings. The lowest BCUT2D eigenvalue weighted by atomic mass is 10.2. The maximum atomic E-state index is 13.0. The van der Waals surface area contributed by atoms with Crippen LogP contribution in [-0.2, 0) is 0 Å². The third-order valence-corrected chi connectivity index (χ3v) is 4.46. The first-order valence-corrected chi connectivity index (χ1v) is 6.70. The number of rotatable bonds is 4. The van der Waals surface area contributed by atoms with Gasteiger partial charge in [-0.1, -0.05) is 11.8 Å². The number of hydrogen-bond acceptors (Lipinski definition) is 4. The smallest absolute Gasteiger partial charge is 0.337 e. The SMILES string of the molecule is O=C(O)c1cc(F)ccc1Sc1sccc1C(=O)O. The normalized spacial score (nSPS) is 10.4. The number of carboxylic acid groups (broad SMARTS) is 2. The second-order valence-corrected chi connectivity index (χ2v) is 5.70. The molecule has 0 aliphatic rings. The van der Waals surface area contributed by atoms with Gasteiger partial charge in [-0.05, 0) is 29.6 Å². The second kappa shape index (κ2) is 5.41. The molecule has 4 nitrogen and oxygen atoms in total. The molecule has 0 radical (unpaired) electrons. The Labute approximate surface area is 115 Å². The predicted molar refractivity (Wildman–Crippen MR) is 68.8 cm³/mol. The van der Waals surface area contributed by atoms with Gasteiger partial charge in [0.1, 0.15) is 5.82 Å². The van der Waals surface area contributed by atoms with E-state index in [1.807, 2.05) is 0 Å². The lowest BCUT2D eigenvalue weighted by Crippen LogP contribution is -2.00. The Morgan fingerprint density at radius 1 is 1.11 bits per heavy atom. The van der Waals surface area contributed by atoms with Gasteiger partial charge in [0, 0.05) is 4.90 Å². The minimum absolute atomic E-state index is 0.107. The first kappa shape index (κ1) is 13.6. The summed E-state index contributed by atoms with van der Waals surface area (Å²) in [7, 11) is 0. The number of carboxylic acids is 2. The molecule has 0 aliphatic heterocycles. The Morgan fingerprint density at radius 2 is 1.79 bits per heavy atom. The molecular formula is C12H7FO4S2. The highest BCUT2D eigenvalue weighted by Gasteiger charge is 2.17. The van der Waals surface area contributed by atoms with E-state index < -0.39 is 17.8 Å². The molecule has 0 bridgehead atoms. The minimum Gasteiger partial charge on any atom is -0.478 e. The zero-order valence-electron chi connectivity index (χ0n) is 9.29. The van der Waals surface area contributed by atoms with Crippen LogP contribution in [0.25, 0.3) is 0 Å². The number of aromatic carboxylic acids is 2. The summed E-state index contributed by atoms with van der Waals surface area (Å²) in [6.07, 6.45) is 0. The fourth-order valence-electron chi connectivity index (χ4n) is 1.39. The summed E-state index contributed by atoms with van der Waals surface area (Å²) in [6, 6.07) is 4.83. The van der Waals surface area contributed by atoms with Gasteiger partial charge in [0.15, 0.2) is 0 Å². The third kappa shape index (κ3) is 2.94. The van der Waals surface area contributed by atoms with Crippen LogP contribution in [0.2, 0.25) is 0 Å². The van der Waals surface area contributed by atoms with E-state index in [1.165, 1.54) is 23.5 Å². The molecule has 98 valence electrons. The lowest BCUT2D eigenvalue weighted by molar-refractivity contribution is 0.0683. The highest BCUT2D eigenvalue weighted by Crippen LogP contribution is 2.36. The maximum Gasteiger partial charge on any atom is 0.337 e. The van der Waals surface area contributed by atoms with E-state index >= 15 is 0 Å². The van der Waals surface area contributed by atoms with Crippen molar-refractivity contribution < 1.29 is 24.2 Å². The van der Waals surface area contributed by atoms with Crippen LogP contribution in [0.3, 0.4) is 0 Å². The van der Waals surface area contributed by atoms with Crippen LogP contribution in [0.15, 0.2) is 38.8 Å². The summed E-state index contributed by atoms with van der Waals surface area (Å²) < 4.78 is 13.5. The largest absolute Gasteiger partial charge is 0.478 e. The molecule has 2 N–H and O–H groups in total. The fraction of sp³-hybridized carbons (Fsp3) is 0. The highest BCUT2D eigenvalue weighted by atomic mass is 32.2. The van der Waals surface area contributed by atoms with Crippen molar-refractivity contribution in [3.8, 4) is 0 Å². The molecule has 0 spiro atoms. The van der Waals surface area contributed by atoms with Crippen LogP contribution < -0.4 is 0 Å². The van der Waals surface area contributed by atoms with Gasteiger partial charge in [0.2, 0.25) is 0 Å². The monoisotopic (exact) mass is 298 g/mol. The van der Waals surface area contributed by atoms with Crippen molar-refractivity contribution in [3.63, 3.8) is 0 Å². The Hall–Kier alpha value is -1.86. The van der Waals surface area contributed by atoms with Gasteiger partial charge in [-0.25, -0.2) is 14.0 Å². The zero-order valence-corrected chi connectivity index (χ0v) is 10.9. The maximum absolute atomic E-state index is 13.0. The molecule has 2 aromatic rings. The van der Waals surface area contributed by atoms with Crippen LogP contribution in [0.5, 0.6) is 0 Å². The molecule has 0 atom stereocenters. The summed E-state index contributed by atoms with van der Waals surface area (Å²) in [6.45, 7) is 0. The number of halogens is 1.